The molecule has 0 aliphatic heterocycles. The molecule has 1 atom stereocenters. The summed E-state index contributed by atoms with van der Waals surface area (Å²) in [5.41, 5.74) is 8.95. The van der Waals surface area contributed by atoms with Gasteiger partial charge in [0.15, 0.2) is 0 Å². The standard InChI is InChI=1S/C16H18N2O/c1-12-7-9-14(10-8-12)18-16(19)11-15(17)13-5-3-2-4-6-13/h2-10,15H,11,17H2,1H3,(H,18,19). The lowest BCUT2D eigenvalue weighted by Gasteiger charge is -2.12. The van der Waals surface area contributed by atoms with E-state index >= 15 is 0 Å². The van der Waals surface area contributed by atoms with E-state index in [2.05, 4.69) is 5.32 Å². The summed E-state index contributed by atoms with van der Waals surface area (Å²) < 4.78 is 0. The van der Waals surface area contributed by atoms with Gasteiger partial charge in [-0.2, -0.15) is 0 Å². The Morgan fingerprint density at radius 2 is 1.74 bits per heavy atom. The number of amides is 1. The second kappa shape index (κ2) is 6.16. The second-order valence-electron chi connectivity index (χ2n) is 4.64. The molecule has 3 N–H and O–H groups in total. The molecule has 2 rings (SSSR count). The number of anilines is 1. The first-order chi connectivity index (χ1) is 9.15. The van der Waals surface area contributed by atoms with Crippen molar-refractivity contribution in [3.8, 4) is 0 Å². The van der Waals surface area contributed by atoms with Gasteiger partial charge in [0.05, 0.1) is 0 Å². The van der Waals surface area contributed by atoms with Crippen LogP contribution < -0.4 is 11.1 Å². The Morgan fingerprint density at radius 3 is 2.37 bits per heavy atom. The van der Waals surface area contributed by atoms with Gasteiger partial charge in [-0.05, 0) is 24.6 Å². The van der Waals surface area contributed by atoms with E-state index in [0.29, 0.717) is 0 Å². The Balaban J connectivity index is 1.93. The first-order valence-corrected chi connectivity index (χ1v) is 6.32. The van der Waals surface area contributed by atoms with Gasteiger partial charge in [0.1, 0.15) is 0 Å². The maximum Gasteiger partial charge on any atom is 0.226 e. The summed E-state index contributed by atoms with van der Waals surface area (Å²) in [5.74, 6) is -0.0693. The third kappa shape index (κ3) is 3.93. The van der Waals surface area contributed by atoms with Crippen LogP contribution in [-0.4, -0.2) is 5.91 Å². The minimum atomic E-state index is -0.272. The van der Waals surface area contributed by atoms with Crippen LogP contribution in [-0.2, 0) is 4.79 Å². The molecule has 0 saturated heterocycles. The van der Waals surface area contributed by atoms with Gasteiger partial charge in [0, 0.05) is 18.2 Å². The minimum absolute atomic E-state index is 0.0693. The first-order valence-electron chi connectivity index (χ1n) is 6.32. The quantitative estimate of drug-likeness (QED) is 0.881. The maximum absolute atomic E-state index is 11.9. The zero-order chi connectivity index (χ0) is 13.7. The lowest BCUT2D eigenvalue weighted by atomic mass is 10.0. The van der Waals surface area contributed by atoms with E-state index in [1.54, 1.807) is 0 Å². The second-order valence-corrected chi connectivity index (χ2v) is 4.64. The summed E-state index contributed by atoms with van der Waals surface area (Å²) in [6, 6.07) is 17.1. The third-order valence-electron chi connectivity index (χ3n) is 2.97. The van der Waals surface area contributed by atoms with Crippen LogP contribution in [0, 0.1) is 6.92 Å². The molecule has 3 nitrogen and oxygen atoms in total. The monoisotopic (exact) mass is 254 g/mol. The van der Waals surface area contributed by atoms with E-state index in [0.717, 1.165) is 11.3 Å². The Hall–Kier alpha value is -2.13. The molecule has 0 saturated carbocycles. The van der Waals surface area contributed by atoms with Crippen LogP contribution in [0.4, 0.5) is 5.69 Å². The van der Waals surface area contributed by atoms with Crippen molar-refractivity contribution in [2.75, 3.05) is 5.32 Å². The lowest BCUT2D eigenvalue weighted by molar-refractivity contribution is -0.116. The molecule has 19 heavy (non-hydrogen) atoms. The van der Waals surface area contributed by atoms with Gasteiger partial charge in [-0.15, -0.1) is 0 Å². The van der Waals surface area contributed by atoms with Gasteiger partial charge >= 0.3 is 0 Å². The van der Waals surface area contributed by atoms with E-state index in [9.17, 15) is 4.79 Å². The molecule has 0 aliphatic rings. The molecule has 2 aromatic carbocycles. The Bertz CT molecular complexity index is 534. The van der Waals surface area contributed by atoms with Crippen LogP contribution in [0.5, 0.6) is 0 Å². The normalized spacial score (nSPS) is 11.9. The summed E-state index contributed by atoms with van der Waals surface area (Å²) in [6.45, 7) is 2.01. The number of nitrogens with one attached hydrogen (secondary N) is 1. The molecular formula is C16H18N2O. The van der Waals surface area contributed by atoms with Crippen molar-refractivity contribution in [1.29, 1.82) is 0 Å². The van der Waals surface area contributed by atoms with E-state index in [4.69, 9.17) is 5.73 Å². The molecule has 3 heteroatoms. The van der Waals surface area contributed by atoms with Gasteiger partial charge in [-0.3, -0.25) is 4.79 Å². The molecule has 0 radical (unpaired) electrons. The highest BCUT2D eigenvalue weighted by atomic mass is 16.1. The Kier molecular flexibility index (Phi) is 4.31. The zero-order valence-corrected chi connectivity index (χ0v) is 11.0. The topological polar surface area (TPSA) is 55.1 Å². The molecule has 1 amide bonds. The minimum Gasteiger partial charge on any atom is -0.326 e. The summed E-state index contributed by atoms with van der Waals surface area (Å²) in [4.78, 5) is 11.9. The first kappa shape index (κ1) is 13.3. The average Bonchev–Trinajstić information content (AvgIpc) is 2.42. The van der Waals surface area contributed by atoms with Crippen LogP contribution >= 0.6 is 0 Å². The lowest BCUT2D eigenvalue weighted by Crippen LogP contribution is -2.20. The third-order valence-corrected chi connectivity index (χ3v) is 2.97. The van der Waals surface area contributed by atoms with Crippen LogP contribution in [0.1, 0.15) is 23.6 Å². The SMILES string of the molecule is Cc1ccc(NC(=O)CC(N)c2ccccc2)cc1. The predicted octanol–water partition coefficient (Wildman–Crippen LogP) is 3.02. The number of aryl methyl sites for hydroxylation is 1. The van der Waals surface area contributed by atoms with E-state index < -0.39 is 0 Å². The summed E-state index contributed by atoms with van der Waals surface area (Å²) in [6.07, 6.45) is 0.276. The van der Waals surface area contributed by atoms with Gasteiger partial charge < -0.3 is 11.1 Å². The number of carbonyl (C=O) groups excluding carboxylic acids is 1. The van der Waals surface area contributed by atoms with Gasteiger partial charge in [-0.25, -0.2) is 0 Å². The zero-order valence-electron chi connectivity index (χ0n) is 11.0. The summed E-state index contributed by atoms with van der Waals surface area (Å²) in [5, 5.41) is 2.85. The molecule has 2 aromatic rings. The fourth-order valence-corrected chi connectivity index (χ4v) is 1.87. The molecule has 0 bridgehead atoms. The van der Waals surface area contributed by atoms with Crippen molar-refractivity contribution in [3.05, 3.63) is 65.7 Å². The van der Waals surface area contributed by atoms with Crippen molar-refractivity contribution in [1.82, 2.24) is 0 Å². The van der Waals surface area contributed by atoms with Crippen molar-refractivity contribution >= 4 is 11.6 Å². The number of rotatable bonds is 4. The van der Waals surface area contributed by atoms with Crippen molar-refractivity contribution < 1.29 is 4.79 Å². The number of carbonyl (C=O) groups is 1. The highest BCUT2D eigenvalue weighted by Crippen LogP contribution is 2.15. The fraction of sp³-hybridized carbons (Fsp3) is 0.188. The van der Waals surface area contributed by atoms with Crippen LogP contribution in [0.15, 0.2) is 54.6 Å². The summed E-state index contributed by atoms with van der Waals surface area (Å²) >= 11 is 0. The largest absolute Gasteiger partial charge is 0.326 e. The Morgan fingerprint density at radius 1 is 1.11 bits per heavy atom. The number of nitrogens with two attached hydrogens (primary N) is 1. The van der Waals surface area contributed by atoms with Crippen molar-refractivity contribution in [2.45, 2.75) is 19.4 Å². The van der Waals surface area contributed by atoms with Gasteiger partial charge in [-0.1, -0.05) is 48.0 Å². The van der Waals surface area contributed by atoms with Crippen LogP contribution in [0.25, 0.3) is 0 Å². The maximum atomic E-state index is 11.9. The molecule has 0 fully saturated rings. The van der Waals surface area contributed by atoms with Gasteiger partial charge in [0.25, 0.3) is 0 Å². The van der Waals surface area contributed by atoms with Crippen molar-refractivity contribution in [3.63, 3.8) is 0 Å². The Labute approximate surface area is 113 Å². The molecule has 1 unspecified atom stereocenters. The average molecular weight is 254 g/mol. The molecule has 0 aromatic heterocycles. The van der Waals surface area contributed by atoms with E-state index in [1.807, 2.05) is 61.5 Å². The number of hydrogen-bond acceptors (Lipinski definition) is 2. The van der Waals surface area contributed by atoms with Crippen LogP contribution in [0.2, 0.25) is 0 Å². The summed E-state index contributed by atoms with van der Waals surface area (Å²) in [7, 11) is 0. The van der Waals surface area contributed by atoms with E-state index in [1.165, 1.54) is 5.56 Å². The van der Waals surface area contributed by atoms with Gasteiger partial charge in [0.2, 0.25) is 5.91 Å². The van der Waals surface area contributed by atoms with E-state index in [-0.39, 0.29) is 18.4 Å². The molecule has 98 valence electrons. The predicted molar refractivity (Wildman–Crippen MR) is 77.8 cm³/mol. The smallest absolute Gasteiger partial charge is 0.226 e. The molecule has 0 aliphatic carbocycles. The molecular weight excluding hydrogens is 236 g/mol. The van der Waals surface area contributed by atoms with Crippen LogP contribution in [0.3, 0.4) is 0 Å². The molecule has 0 heterocycles. The molecule has 0 spiro atoms. The fourth-order valence-electron chi connectivity index (χ4n) is 1.87. The highest BCUT2D eigenvalue weighted by Gasteiger charge is 2.11. The van der Waals surface area contributed by atoms with Crippen molar-refractivity contribution in [2.24, 2.45) is 5.73 Å². The number of hydrogen-bond donors (Lipinski definition) is 2. The highest BCUT2D eigenvalue weighted by molar-refractivity contribution is 5.91. The number of benzene rings is 2.